The first kappa shape index (κ1) is 19.8. The molecule has 0 aliphatic carbocycles. The third kappa shape index (κ3) is 8.40. The number of hydrogen-bond acceptors (Lipinski definition) is 6. The van der Waals surface area contributed by atoms with Crippen LogP contribution >= 0.6 is 0 Å². The van der Waals surface area contributed by atoms with Crippen LogP contribution in [0.5, 0.6) is 0 Å². The predicted octanol–water partition coefficient (Wildman–Crippen LogP) is 0.719. The van der Waals surface area contributed by atoms with Gasteiger partial charge in [-0.05, 0) is 31.5 Å². The van der Waals surface area contributed by atoms with Crippen LogP contribution in [0, 0.1) is 0 Å². The first-order chi connectivity index (χ1) is 12.4. The fraction of sp³-hybridized carbons (Fsp3) is 0.667. The van der Waals surface area contributed by atoms with Crippen molar-refractivity contribution in [3.63, 3.8) is 0 Å². The number of nitrogens with zero attached hydrogens (tertiary/aromatic N) is 3. The molecule has 0 aliphatic rings. The Morgan fingerprint density at radius 3 is 1.92 bits per heavy atom. The number of fused-ring (bicyclic) bond motifs is 1. The highest BCUT2D eigenvalue weighted by molar-refractivity contribution is 5.72. The Labute approximate surface area is 150 Å². The van der Waals surface area contributed by atoms with Gasteiger partial charge in [0.25, 0.3) is 0 Å². The summed E-state index contributed by atoms with van der Waals surface area (Å²) in [7, 11) is 0. The van der Waals surface area contributed by atoms with Gasteiger partial charge in [0.2, 0.25) is 0 Å². The zero-order valence-corrected chi connectivity index (χ0v) is 15.2. The Kier molecular flexibility index (Phi) is 10.1. The lowest BCUT2D eigenvalue weighted by molar-refractivity contribution is 0.486. The number of aromatic nitrogens is 3. The maximum absolute atomic E-state index is 5.41. The highest BCUT2D eigenvalue weighted by Gasteiger charge is 2.00. The number of hydrogen-bond donors (Lipinski definition) is 4. The highest BCUT2D eigenvalue weighted by Crippen LogP contribution is 2.08. The van der Waals surface area contributed by atoms with Gasteiger partial charge in [-0.1, -0.05) is 25.0 Å². The van der Waals surface area contributed by atoms with E-state index in [9.17, 15) is 0 Å². The minimum atomic E-state index is 0.705. The van der Waals surface area contributed by atoms with E-state index in [2.05, 4.69) is 26.1 Å². The molecule has 1 aromatic carbocycles. The number of unbranched alkanes of at least 4 members (excludes halogenated alkanes) is 3. The molecule has 0 spiro atoms. The molecule has 7 heteroatoms. The number of benzene rings is 1. The van der Waals surface area contributed by atoms with Gasteiger partial charge in [-0.3, -0.25) is 0 Å². The Hall–Kier alpha value is -1.54. The molecule has 0 amide bonds. The lowest BCUT2D eigenvalue weighted by Gasteiger charge is -2.07. The van der Waals surface area contributed by atoms with E-state index in [0.29, 0.717) is 6.54 Å². The summed E-state index contributed by atoms with van der Waals surface area (Å²) in [4.78, 5) is 1.83. The van der Waals surface area contributed by atoms with Crippen LogP contribution in [0.2, 0.25) is 0 Å². The molecule has 7 nitrogen and oxygen atoms in total. The normalized spacial score (nSPS) is 11.4. The van der Waals surface area contributed by atoms with Crippen molar-refractivity contribution in [1.29, 1.82) is 0 Å². The van der Waals surface area contributed by atoms with Crippen LogP contribution in [0.3, 0.4) is 0 Å². The molecule has 1 heterocycles. The number of nitrogens with one attached hydrogen (secondary N) is 3. The van der Waals surface area contributed by atoms with Gasteiger partial charge in [0.15, 0.2) is 0 Å². The van der Waals surface area contributed by atoms with E-state index in [1.165, 1.54) is 19.3 Å². The van der Waals surface area contributed by atoms with Crippen LogP contribution in [0.15, 0.2) is 24.3 Å². The van der Waals surface area contributed by atoms with E-state index in [4.69, 9.17) is 5.73 Å². The molecule has 0 atom stereocenters. The molecule has 2 aromatic rings. The third-order valence-electron chi connectivity index (χ3n) is 4.07. The van der Waals surface area contributed by atoms with Gasteiger partial charge < -0.3 is 21.7 Å². The molecule has 1 aromatic heterocycles. The maximum Gasteiger partial charge on any atom is 0.113 e. The molecule has 0 saturated heterocycles. The molecule has 0 aliphatic heterocycles. The molecular formula is C18H33N7. The fourth-order valence-corrected chi connectivity index (χ4v) is 2.69. The molecule has 0 saturated carbocycles. The molecule has 2 rings (SSSR count). The Balaban J connectivity index is 1.36. The van der Waals surface area contributed by atoms with Crippen molar-refractivity contribution in [2.24, 2.45) is 5.73 Å². The summed E-state index contributed by atoms with van der Waals surface area (Å²) >= 11 is 0. The van der Waals surface area contributed by atoms with E-state index in [1.54, 1.807) is 0 Å². The van der Waals surface area contributed by atoms with Crippen LogP contribution < -0.4 is 21.7 Å². The third-order valence-corrected chi connectivity index (χ3v) is 4.07. The van der Waals surface area contributed by atoms with Gasteiger partial charge in [-0.25, -0.2) is 0 Å². The average Bonchev–Trinajstić information content (AvgIpc) is 3.05. The second-order valence-electron chi connectivity index (χ2n) is 6.24. The molecule has 0 radical (unpaired) electrons. The fourth-order valence-electron chi connectivity index (χ4n) is 2.69. The number of aryl methyl sites for hydroxylation is 1. The second kappa shape index (κ2) is 12.8. The minimum absolute atomic E-state index is 0.705. The van der Waals surface area contributed by atoms with Gasteiger partial charge in [0.05, 0.1) is 6.54 Å². The quantitative estimate of drug-likeness (QED) is 0.355. The SMILES string of the molecule is NCCNCCNCCNCCCCCCn1nc2ccccc2n1. The van der Waals surface area contributed by atoms with E-state index in [0.717, 1.165) is 63.3 Å². The van der Waals surface area contributed by atoms with E-state index < -0.39 is 0 Å². The van der Waals surface area contributed by atoms with Crippen LogP contribution in [0.25, 0.3) is 11.0 Å². The van der Waals surface area contributed by atoms with Crippen LogP contribution in [-0.2, 0) is 6.54 Å². The molecule has 5 N–H and O–H groups in total. The van der Waals surface area contributed by atoms with Crippen LogP contribution in [-0.4, -0.2) is 60.8 Å². The van der Waals surface area contributed by atoms with E-state index >= 15 is 0 Å². The van der Waals surface area contributed by atoms with Crippen LogP contribution in [0.4, 0.5) is 0 Å². The van der Waals surface area contributed by atoms with Gasteiger partial charge in [0.1, 0.15) is 11.0 Å². The lowest BCUT2D eigenvalue weighted by Crippen LogP contribution is -2.34. The second-order valence-corrected chi connectivity index (χ2v) is 6.24. The van der Waals surface area contributed by atoms with Gasteiger partial charge in [-0.2, -0.15) is 15.0 Å². The summed E-state index contributed by atoms with van der Waals surface area (Å²) < 4.78 is 0. The number of rotatable bonds is 15. The maximum atomic E-state index is 5.41. The molecule has 0 bridgehead atoms. The molecule has 0 fully saturated rings. The van der Waals surface area contributed by atoms with Crippen molar-refractivity contribution in [3.8, 4) is 0 Å². The predicted molar refractivity (Wildman–Crippen MR) is 104 cm³/mol. The highest BCUT2D eigenvalue weighted by atomic mass is 15.5. The standard InChI is InChI=1S/C18H33N7/c19-9-11-21-13-15-22-14-12-20-10-5-1-2-6-16-25-23-17-7-3-4-8-18(17)24-25/h3-4,7-8,20-22H,1-2,5-6,9-16,19H2. The van der Waals surface area contributed by atoms with E-state index in [-0.39, 0.29) is 0 Å². The van der Waals surface area contributed by atoms with Crippen molar-refractivity contribution >= 4 is 11.0 Å². The number of nitrogens with two attached hydrogens (primary N) is 1. The summed E-state index contributed by atoms with van der Waals surface area (Å²) in [5, 5.41) is 19.1. The summed E-state index contributed by atoms with van der Waals surface area (Å²) in [6, 6.07) is 8.03. The zero-order chi connectivity index (χ0) is 17.6. The first-order valence-electron chi connectivity index (χ1n) is 9.52. The topological polar surface area (TPSA) is 92.8 Å². The van der Waals surface area contributed by atoms with Gasteiger partial charge in [-0.15, -0.1) is 0 Å². The summed E-state index contributed by atoms with van der Waals surface area (Å²) in [5.74, 6) is 0. The van der Waals surface area contributed by atoms with Crippen molar-refractivity contribution < 1.29 is 0 Å². The molecule has 25 heavy (non-hydrogen) atoms. The van der Waals surface area contributed by atoms with Crippen molar-refractivity contribution in [1.82, 2.24) is 30.9 Å². The molecular weight excluding hydrogens is 314 g/mol. The Morgan fingerprint density at radius 2 is 1.28 bits per heavy atom. The van der Waals surface area contributed by atoms with Crippen molar-refractivity contribution in [2.45, 2.75) is 32.2 Å². The minimum Gasteiger partial charge on any atom is -0.329 e. The lowest BCUT2D eigenvalue weighted by atomic mass is 10.2. The van der Waals surface area contributed by atoms with Crippen LogP contribution in [0.1, 0.15) is 25.7 Å². The van der Waals surface area contributed by atoms with Crippen molar-refractivity contribution in [2.75, 3.05) is 45.8 Å². The summed E-state index contributed by atoms with van der Waals surface area (Å²) in [5.41, 5.74) is 7.38. The largest absolute Gasteiger partial charge is 0.329 e. The van der Waals surface area contributed by atoms with Gasteiger partial charge in [0, 0.05) is 39.3 Å². The summed E-state index contributed by atoms with van der Waals surface area (Å²) in [6.07, 6.45) is 4.85. The first-order valence-corrected chi connectivity index (χ1v) is 9.52. The Bertz CT molecular complexity index is 536. The molecule has 0 unspecified atom stereocenters. The monoisotopic (exact) mass is 347 g/mol. The van der Waals surface area contributed by atoms with Gasteiger partial charge >= 0.3 is 0 Å². The van der Waals surface area contributed by atoms with Crippen molar-refractivity contribution in [3.05, 3.63) is 24.3 Å². The smallest absolute Gasteiger partial charge is 0.113 e. The molecule has 140 valence electrons. The average molecular weight is 348 g/mol. The zero-order valence-electron chi connectivity index (χ0n) is 15.2. The Morgan fingerprint density at radius 1 is 0.720 bits per heavy atom. The van der Waals surface area contributed by atoms with E-state index in [1.807, 2.05) is 29.1 Å². The summed E-state index contributed by atoms with van der Waals surface area (Å²) in [6.45, 7) is 7.63.